The van der Waals surface area contributed by atoms with Gasteiger partial charge in [0.15, 0.2) is 0 Å². The Bertz CT molecular complexity index is 317. The third-order valence-electron chi connectivity index (χ3n) is 3.60. The van der Waals surface area contributed by atoms with Gasteiger partial charge in [-0.15, -0.1) is 0 Å². The summed E-state index contributed by atoms with van der Waals surface area (Å²) < 4.78 is 5.02. The summed E-state index contributed by atoms with van der Waals surface area (Å²) in [7, 11) is 1.70. The Morgan fingerprint density at radius 3 is 2.56 bits per heavy atom. The molecular formula is C14H20O2. The first-order valence-electron chi connectivity index (χ1n) is 6.02. The number of hydrogen-bond donors (Lipinski definition) is 1. The smallest absolute Gasteiger partial charge is 0.0637 e. The molecule has 2 nitrogen and oxygen atoms in total. The topological polar surface area (TPSA) is 29.5 Å². The van der Waals surface area contributed by atoms with E-state index in [1.54, 1.807) is 7.11 Å². The number of hydrogen-bond acceptors (Lipinski definition) is 2. The van der Waals surface area contributed by atoms with Crippen LogP contribution in [-0.2, 0) is 10.2 Å². The van der Waals surface area contributed by atoms with Crippen LogP contribution in [0.15, 0.2) is 30.3 Å². The maximum absolute atomic E-state index is 10.3. The predicted octanol–water partition coefficient (Wildman–Crippen LogP) is 2.51. The Kier molecular flexibility index (Phi) is 3.62. The van der Waals surface area contributed by atoms with Gasteiger partial charge in [0.25, 0.3) is 0 Å². The van der Waals surface area contributed by atoms with Crippen LogP contribution in [0.4, 0.5) is 0 Å². The highest BCUT2D eigenvalue weighted by molar-refractivity contribution is 5.32. The van der Waals surface area contributed by atoms with Gasteiger partial charge in [-0.2, -0.15) is 0 Å². The van der Waals surface area contributed by atoms with Crippen LogP contribution in [-0.4, -0.2) is 24.9 Å². The van der Waals surface area contributed by atoms with Gasteiger partial charge in [-0.3, -0.25) is 0 Å². The van der Waals surface area contributed by atoms with Crippen molar-refractivity contribution in [2.75, 3.05) is 13.7 Å². The van der Waals surface area contributed by atoms with Gasteiger partial charge in [0.1, 0.15) is 0 Å². The molecule has 16 heavy (non-hydrogen) atoms. The highest BCUT2D eigenvalue weighted by Gasteiger charge is 2.49. The van der Waals surface area contributed by atoms with Crippen LogP contribution in [0.3, 0.4) is 0 Å². The summed E-state index contributed by atoms with van der Waals surface area (Å²) >= 11 is 0. The van der Waals surface area contributed by atoms with Gasteiger partial charge in [-0.25, -0.2) is 0 Å². The van der Waals surface area contributed by atoms with Crippen LogP contribution in [0.5, 0.6) is 0 Å². The van der Waals surface area contributed by atoms with Crippen molar-refractivity contribution in [3.63, 3.8) is 0 Å². The SMILES string of the molecule is COCCCC(O)C1(c2ccccc2)CC1. The summed E-state index contributed by atoms with van der Waals surface area (Å²) in [4.78, 5) is 0. The molecule has 0 amide bonds. The second-order valence-corrected chi connectivity index (χ2v) is 4.67. The summed E-state index contributed by atoms with van der Waals surface area (Å²) in [6, 6.07) is 10.4. The average molecular weight is 220 g/mol. The van der Waals surface area contributed by atoms with Crippen LogP contribution in [0.2, 0.25) is 0 Å². The highest BCUT2D eigenvalue weighted by atomic mass is 16.5. The molecular weight excluding hydrogens is 200 g/mol. The Balaban J connectivity index is 1.97. The third kappa shape index (κ3) is 2.28. The van der Waals surface area contributed by atoms with E-state index in [4.69, 9.17) is 4.74 Å². The van der Waals surface area contributed by atoms with Crippen molar-refractivity contribution >= 4 is 0 Å². The quantitative estimate of drug-likeness (QED) is 0.746. The fraction of sp³-hybridized carbons (Fsp3) is 0.571. The highest BCUT2D eigenvalue weighted by Crippen LogP contribution is 2.51. The Morgan fingerprint density at radius 1 is 1.31 bits per heavy atom. The number of ether oxygens (including phenoxy) is 1. The lowest BCUT2D eigenvalue weighted by Crippen LogP contribution is -2.26. The normalized spacial score (nSPS) is 19.4. The fourth-order valence-corrected chi connectivity index (χ4v) is 2.42. The first-order chi connectivity index (χ1) is 7.79. The van der Waals surface area contributed by atoms with E-state index in [1.807, 2.05) is 6.07 Å². The van der Waals surface area contributed by atoms with Gasteiger partial charge in [0.05, 0.1) is 6.10 Å². The zero-order valence-electron chi connectivity index (χ0n) is 9.86. The van der Waals surface area contributed by atoms with E-state index >= 15 is 0 Å². The molecule has 0 aliphatic heterocycles. The molecule has 1 atom stereocenters. The van der Waals surface area contributed by atoms with E-state index in [0.29, 0.717) is 0 Å². The zero-order chi connectivity index (χ0) is 11.4. The van der Waals surface area contributed by atoms with E-state index in [1.165, 1.54) is 5.56 Å². The molecule has 1 saturated carbocycles. The van der Waals surface area contributed by atoms with Crippen molar-refractivity contribution in [1.29, 1.82) is 0 Å². The molecule has 1 fully saturated rings. The van der Waals surface area contributed by atoms with E-state index in [2.05, 4.69) is 24.3 Å². The summed E-state index contributed by atoms with van der Waals surface area (Å²) in [6.07, 6.45) is 3.79. The number of methoxy groups -OCH3 is 1. The molecule has 1 aliphatic carbocycles. The van der Waals surface area contributed by atoms with Gasteiger partial charge in [0, 0.05) is 19.1 Å². The molecule has 1 aliphatic rings. The van der Waals surface area contributed by atoms with Crippen molar-refractivity contribution in [3.05, 3.63) is 35.9 Å². The van der Waals surface area contributed by atoms with Gasteiger partial charge in [-0.1, -0.05) is 30.3 Å². The molecule has 1 aromatic carbocycles. The van der Waals surface area contributed by atoms with Gasteiger partial charge >= 0.3 is 0 Å². The molecule has 0 bridgehead atoms. The zero-order valence-corrected chi connectivity index (χ0v) is 9.86. The fourth-order valence-electron chi connectivity index (χ4n) is 2.42. The van der Waals surface area contributed by atoms with E-state index in [0.717, 1.165) is 32.3 Å². The number of rotatable bonds is 6. The lowest BCUT2D eigenvalue weighted by Gasteiger charge is -2.22. The Labute approximate surface area is 97.3 Å². The molecule has 2 rings (SSSR count). The molecule has 0 saturated heterocycles. The number of benzene rings is 1. The standard InChI is InChI=1S/C14H20O2/c1-16-11-5-8-13(15)14(9-10-14)12-6-3-2-4-7-12/h2-4,6-7,13,15H,5,8-11H2,1H3. The van der Waals surface area contributed by atoms with Crippen LogP contribution in [0.25, 0.3) is 0 Å². The maximum Gasteiger partial charge on any atom is 0.0637 e. The minimum absolute atomic E-state index is 0.0506. The molecule has 0 heterocycles. The lowest BCUT2D eigenvalue weighted by molar-refractivity contribution is 0.104. The molecule has 1 aromatic rings. The van der Waals surface area contributed by atoms with Crippen molar-refractivity contribution in [2.24, 2.45) is 0 Å². The Hall–Kier alpha value is -0.860. The number of aliphatic hydroxyl groups is 1. The summed E-state index contributed by atoms with van der Waals surface area (Å²) in [5.41, 5.74) is 1.34. The summed E-state index contributed by atoms with van der Waals surface area (Å²) in [5.74, 6) is 0. The van der Waals surface area contributed by atoms with E-state index in [-0.39, 0.29) is 11.5 Å². The van der Waals surface area contributed by atoms with Crippen LogP contribution in [0, 0.1) is 0 Å². The van der Waals surface area contributed by atoms with Crippen molar-refractivity contribution < 1.29 is 9.84 Å². The summed E-state index contributed by atoms with van der Waals surface area (Å²) in [6.45, 7) is 0.738. The Morgan fingerprint density at radius 2 is 2.00 bits per heavy atom. The van der Waals surface area contributed by atoms with Crippen LogP contribution >= 0.6 is 0 Å². The average Bonchev–Trinajstić information content (AvgIpc) is 3.12. The van der Waals surface area contributed by atoms with E-state index in [9.17, 15) is 5.11 Å². The first kappa shape index (κ1) is 11.6. The first-order valence-corrected chi connectivity index (χ1v) is 6.02. The van der Waals surface area contributed by atoms with Crippen molar-refractivity contribution in [1.82, 2.24) is 0 Å². The van der Waals surface area contributed by atoms with Gasteiger partial charge in [0.2, 0.25) is 0 Å². The predicted molar refractivity (Wildman–Crippen MR) is 64.5 cm³/mol. The molecule has 88 valence electrons. The molecule has 2 heteroatoms. The lowest BCUT2D eigenvalue weighted by atomic mass is 9.88. The largest absolute Gasteiger partial charge is 0.392 e. The third-order valence-corrected chi connectivity index (χ3v) is 3.60. The molecule has 1 unspecified atom stereocenters. The second kappa shape index (κ2) is 4.98. The van der Waals surface area contributed by atoms with Crippen LogP contribution < -0.4 is 0 Å². The van der Waals surface area contributed by atoms with Gasteiger partial charge in [-0.05, 0) is 31.2 Å². The van der Waals surface area contributed by atoms with Crippen molar-refractivity contribution in [3.8, 4) is 0 Å². The second-order valence-electron chi connectivity index (χ2n) is 4.67. The molecule has 1 N–H and O–H groups in total. The minimum Gasteiger partial charge on any atom is -0.392 e. The maximum atomic E-state index is 10.3. The van der Waals surface area contributed by atoms with E-state index < -0.39 is 0 Å². The van der Waals surface area contributed by atoms with Crippen molar-refractivity contribution in [2.45, 2.75) is 37.2 Å². The molecule has 0 aromatic heterocycles. The molecule has 0 spiro atoms. The number of aliphatic hydroxyl groups excluding tert-OH is 1. The van der Waals surface area contributed by atoms with Crippen LogP contribution in [0.1, 0.15) is 31.2 Å². The van der Waals surface area contributed by atoms with Gasteiger partial charge < -0.3 is 9.84 Å². The summed E-state index contributed by atoms with van der Waals surface area (Å²) in [5, 5.41) is 10.3. The minimum atomic E-state index is -0.218. The molecule has 0 radical (unpaired) electrons. The monoisotopic (exact) mass is 220 g/mol.